The predicted octanol–water partition coefficient (Wildman–Crippen LogP) is 3.03. The van der Waals surface area contributed by atoms with Gasteiger partial charge in [0.25, 0.3) is 0 Å². The third-order valence-corrected chi connectivity index (χ3v) is 3.50. The van der Waals surface area contributed by atoms with Gasteiger partial charge < -0.3 is 19.2 Å². The molecule has 0 amide bonds. The summed E-state index contributed by atoms with van der Waals surface area (Å²) in [6.45, 7) is 0. The molecule has 0 radical (unpaired) electrons. The minimum atomic E-state index is 0.521. The Kier molecular flexibility index (Phi) is 4.51. The summed E-state index contributed by atoms with van der Waals surface area (Å²) in [6, 6.07) is 11.4. The lowest BCUT2D eigenvalue weighted by atomic mass is 10.2. The van der Waals surface area contributed by atoms with Gasteiger partial charge in [-0.25, -0.2) is 10.4 Å². The zero-order chi connectivity index (χ0) is 16.9. The number of nitrogens with one attached hydrogen (secondary N) is 2. The summed E-state index contributed by atoms with van der Waals surface area (Å²) in [4.78, 5) is 7.53. The number of imidazole rings is 1. The number of aromatic nitrogens is 2. The summed E-state index contributed by atoms with van der Waals surface area (Å²) in [5, 5.41) is 4.20. The number of benzene rings is 2. The summed E-state index contributed by atoms with van der Waals surface area (Å²) in [5.41, 5.74) is 5.44. The van der Waals surface area contributed by atoms with Crippen LogP contribution in [0, 0.1) is 0 Å². The quantitative estimate of drug-likeness (QED) is 0.537. The van der Waals surface area contributed by atoms with E-state index in [2.05, 4.69) is 20.5 Å². The molecule has 124 valence electrons. The van der Waals surface area contributed by atoms with E-state index in [1.807, 2.05) is 30.3 Å². The Morgan fingerprint density at radius 2 is 1.79 bits per heavy atom. The highest BCUT2D eigenvalue weighted by molar-refractivity contribution is 5.86. The van der Waals surface area contributed by atoms with Gasteiger partial charge in [-0.3, -0.25) is 0 Å². The first kappa shape index (κ1) is 15.7. The molecule has 3 rings (SSSR count). The average molecular weight is 326 g/mol. The van der Waals surface area contributed by atoms with E-state index in [0.717, 1.165) is 16.6 Å². The number of hydrogen-bond acceptors (Lipinski definition) is 6. The lowest BCUT2D eigenvalue weighted by molar-refractivity contribution is 0.324. The smallest absolute Gasteiger partial charge is 0.222 e. The second-order valence-electron chi connectivity index (χ2n) is 4.90. The number of hydrogen-bond donors (Lipinski definition) is 2. The van der Waals surface area contributed by atoms with Crippen molar-refractivity contribution in [3.05, 3.63) is 42.0 Å². The van der Waals surface area contributed by atoms with E-state index in [4.69, 9.17) is 14.2 Å². The van der Waals surface area contributed by atoms with Crippen LogP contribution in [0.5, 0.6) is 17.2 Å². The maximum atomic E-state index is 5.41. The van der Waals surface area contributed by atoms with Crippen molar-refractivity contribution in [3.63, 3.8) is 0 Å². The molecule has 0 aliphatic heterocycles. The Hall–Kier alpha value is -3.22. The maximum Gasteiger partial charge on any atom is 0.222 e. The fourth-order valence-electron chi connectivity index (χ4n) is 2.39. The highest BCUT2D eigenvalue weighted by Crippen LogP contribution is 2.38. The molecule has 2 N–H and O–H groups in total. The standard InChI is InChI=1S/C17H18N4O3/c1-22-14-9-8-11(15(23-2)16(14)24-3)10-18-21-17-19-12-6-4-5-7-13(12)20-17/h4-10H,1-3H3,(H2,19,20,21)/b18-10+. The molecular formula is C17H18N4O3. The van der Waals surface area contributed by atoms with Gasteiger partial charge in [0, 0.05) is 5.56 Å². The normalized spacial score (nSPS) is 11.0. The fourth-order valence-corrected chi connectivity index (χ4v) is 2.39. The van der Waals surface area contributed by atoms with Crippen molar-refractivity contribution in [2.75, 3.05) is 26.8 Å². The van der Waals surface area contributed by atoms with Gasteiger partial charge in [-0.1, -0.05) is 12.1 Å². The number of H-pyrrole nitrogens is 1. The van der Waals surface area contributed by atoms with Crippen LogP contribution in [0.25, 0.3) is 11.0 Å². The number of nitrogens with zero attached hydrogens (tertiary/aromatic N) is 2. The van der Waals surface area contributed by atoms with Crippen LogP contribution in [0.2, 0.25) is 0 Å². The maximum absolute atomic E-state index is 5.41. The van der Waals surface area contributed by atoms with E-state index in [-0.39, 0.29) is 0 Å². The first-order chi connectivity index (χ1) is 11.8. The number of ether oxygens (including phenoxy) is 3. The zero-order valence-corrected chi connectivity index (χ0v) is 13.7. The highest BCUT2D eigenvalue weighted by atomic mass is 16.5. The summed E-state index contributed by atoms with van der Waals surface area (Å²) in [6.07, 6.45) is 1.63. The van der Waals surface area contributed by atoms with Crippen molar-refractivity contribution >= 4 is 23.2 Å². The van der Waals surface area contributed by atoms with Crippen LogP contribution < -0.4 is 19.6 Å². The minimum Gasteiger partial charge on any atom is -0.493 e. The van der Waals surface area contributed by atoms with E-state index >= 15 is 0 Å². The van der Waals surface area contributed by atoms with Gasteiger partial charge >= 0.3 is 0 Å². The Morgan fingerprint density at radius 3 is 2.50 bits per heavy atom. The molecular weight excluding hydrogens is 308 g/mol. The first-order valence-electron chi connectivity index (χ1n) is 7.29. The number of methoxy groups -OCH3 is 3. The third kappa shape index (κ3) is 2.96. The molecule has 24 heavy (non-hydrogen) atoms. The molecule has 1 aromatic heterocycles. The molecule has 7 nitrogen and oxygen atoms in total. The Bertz CT molecular complexity index is 840. The van der Waals surface area contributed by atoms with Gasteiger partial charge in [0.2, 0.25) is 11.7 Å². The first-order valence-corrected chi connectivity index (χ1v) is 7.29. The van der Waals surface area contributed by atoms with Crippen LogP contribution in [-0.4, -0.2) is 37.5 Å². The lowest BCUT2D eigenvalue weighted by Gasteiger charge is -2.13. The van der Waals surface area contributed by atoms with Crippen LogP contribution in [0.15, 0.2) is 41.5 Å². The van der Waals surface area contributed by atoms with Gasteiger partial charge in [0.05, 0.1) is 38.6 Å². The molecule has 0 spiro atoms. The third-order valence-electron chi connectivity index (χ3n) is 3.50. The highest BCUT2D eigenvalue weighted by Gasteiger charge is 2.14. The Morgan fingerprint density at radius 1 is 1.00 bits per heavy atom. The number of rotatable bonds is 6. The summed E-state index contributed by atoms with van der Waals surface area (Å²) in [7, 11) is 4.71. The van der Waals surface area contributed by atoms with Crippen molar-refractivity contribution in [1.82, 2.24) is 9.97 Å². The summed E-state index contributed by atoms with van der Waals surface area (Å²) >= 11 is 0. The van der Waals surface area contributed by atoms with Crippen molar-refractivity contribution in [3.8, 4) is 17.2 Å². The molecule has 0 aliphatic carbocycles. The Balaban J connectivity index is 1.83. The molecule has 0 atom stereocenters. The van der Waals surface area contributed by atoms with Gasteiger partial charge in [-0.15, -0.1) is 0 Å². The molecule has 7 heteroatoms. The minimum absolute atomic E-state index is 0.521. The van der Waals surface area contributed by atoms with Crippen LogP contribution in [0.1, 0.15) is 5.56 Å². The molecule has 0 saturated carbocycles. The number of para-hydroxylation sites is 2. The van der Waals surface area contributed by atoms with E-state index < -0.39 is 0 Å². The summed E-state index contributed by atoms with van der Waals surface area (Å²) in [5.74, 6) is 2.23. The van der Waals surface area contributed by atoms with Crippen LogP contribution in [0.4, 0.5) is 5.95 Å². The van der Waals surface area contributed by atoms with Gasteiger partial charge in [0.15, 0.2) is 11.5 Å². The molecule has 0 fully saturated rings. The Labute approximate surface area is 139 Å². The topological polar surface area (TPSA) is 80.8 Å². The number of fused-ring (bicyclic) bond motifs is 1. The molecule has 2 aromatic carbocycles. The molecule has 0 aliphatic rings. The SMILES string of the molecule is COc1ccc(/C=N/Nc2nc3ccccc3[nH]2)c(OC)c1OC. The number of hydrazone groups is 1. The second kappa shape index (κ2) is 6.91. The van der Waals surface area contributed by atoms with Crippen LogP contribution in [-0.2, 0) is 0 Å². The molecule has 0 saturated heterocycles. The van der Waals surface area contributed by atoms with E-state index in [1.165, 1.54) is 0 Å². The lowest BCUT2D eigenvalue weighted by Crippen LogP contribution is -1.99. The molecule has 0 unspecified atom stereocenters. The largest absolute Gasteiger partial charge is 0.493 e. The molecule has 1 heterocycles. The van der Waals surface area contributed by atoms with Crippen LogP contribution in [0.3, 0.4) is 0 Å². The van der Waals surface area contributed by atoms with Gasteiger partial charge in [-0.05, 0) is 24.3 Å². The molecule has 0 bridgehead atoms. The predicted molar refractivity (Wildman–Crippen MR) is 93.4 cm³/mol. The van der Waals surface area contributed by atoms with E-state index in [1.54, 1.807) is 33.6 Å². The zero-order valence-electron chi connectivity index (χ0n) is 13.7. The van der Waals surface area contributed by atoms with E-state index in [9.17, 15) is 0 Å². The van der Waals surface area contributed by atoms with Crippen LogP contribution >= 0.6 is 0 Å². The molecule has 3 aromatic rings. The van der Waals surface area contributed by atoms with Gasteiger partial charge in [0.1, 0.15) is 0 Å². The van der Waals surface area contributed by atoms with Crippen molar-refractivity contribution in [1.29, 1.82) is 0 Å². The van der Waals surface area contributed by atoms with E-state index in [0.29, 0.717) is 23.2 Å². The average Bonchev–Trinajstić information content (AvgIpc) is 3.03. The fraction of sp³-hybridized carbons (Fsp3) is 0.176. The van der Waals surface area contributed by atoms with Crippen molar-refractivity contribution < 1.29 is 14.2 Å². The number of anilines is 1. The van der Waals surface area contributed by atoms with Crippen molar-refractivity contribution in [2.45, 2.75) is 0 Å². The van der Waals surface area contributed by atoms with Crippen molar-refractivity contribution in [2.24, 2.45) is 5.10 Å². The number of aromatic amines is 1. The summed E-state index contributed by atoms with van der Waals surface area (Å²) < 4.78 is 16.0. The second-order valence-corrected chi connectivity index (χ2v) is 4.90. The van der Waals surface area contributed by atoms with Gasteiger partial charge in [-0.2, -0.15) is 5.10 Å². The monoisotopic (exact) mass is 326 g/mol.